The molecule has 0 radical (unpaired) electrons. The lowest BCUT2D eigenvalue weighted by Gasteiger charge is -2.36. The van der Waals surface area contributed by atoms with Gasteiger partial charge in [-0.3, -0.25) is 9.59 Å². The Balaban J connectivity index is 1.55. The number of piperazine rings is 1. The number of hydrogen-bond acceptors (Lipinski definition) is 5. The Morgan fingerprint density at radius 3 is 2.21 bits per heavy atom. The average molecular weight is 396 g/mol. The van der Waals surface area contributed by atoms with Gasteiger partial charge in [0.25, 0.3) is 0 Å². The molecule has 1 aliphatic heterocycles. The molecule has 0 bridgehead atoms. The fourth-order valence-corrected chi connectivity index (χ4v) is 3.42. The van der Waals surface area contributed by atoms with E-state index < -0.39 is 0 Å². The molecule has 3 rings (SSSR count). The van der Waals surface area contributed by atoms with Gasteiger partial charge in [0.05, 0.1) is 12.2 Å². The maximum absolute atomic E-state index is 12.5. The number of hydrogen-bond donors (Lipinski definition) is 0. The number of nitrogens with zero attached hydrogens (tertiary/aromatic N) is 5. The molecule has 0 saturated carbocycles. The zero-order chi connectivity index (χ0) is 20.8. The minimum Gasteiger partial charge on any atom is -0.352 e. The first kappa shape index (κ1) is 20.8. The number of carbonyl (C=O) groups is 2. The molecule has 0 N–H and O–H groups in total. The van der Waals surface area contributed by atoms with E-state index in [-0.39, 0.29) is 18.4 Å². The molecule has 2 aromatic rings. The van der Waals surface area contributed by atoms with E-state index in [2.05, 4.69) is 34.2 Å². The molecule has 1 aliphatic rings. The van der Waals surface area contributed by atoms with E-state index in [1.165, 1.54) is 5.56 Å². The number of aromatic nitrogens is 2. The van der Waals surface area contributed by atoms with E-state index >= 15 is 0 Å². The molecular formula is C22H29N5O2. The summed E-state index contributed by atoms with van der Waals surface area (Å²) >= 11 is 0. The van der Waals surface area contributed by atoms with Gasteiger partial charge < -0.3 is 14.7 Å². The smallest absolute Gasteiger partial charge is 0.242 e. The zero-order valence-electron chi connectivity index (χ0n) is 17.5. The van der Waals surface area contributed by atoms with Crippen molar-refractivity contribution in [1.82, 2.24) is 20.0 Å². The summed E-state index contributed by atoms with van der Waals surface area (Å²) in [4.78, 5) is 30.0. The minimum atomic E-state index is 0.00843. The molecule has 1 aromatic heterocycles. The lowest BCUT2D eigenvalue weighted by Crippen LogP contribution is -2.52. The number of benzene rings is 1. The summed E-state index contributed by atoms with van der Waals surface area (Å²) in [6, 6.07) is 12.2. The summed E-state index contributed by atoms with van der Waals surface area (Å²) in [6.45, 7) is 9.16. The lowest BCUT2D eigenvalue weighted by molar-refractivity contribution is -0.140. The monoisotopic (exact) mass is 395 g/mol. The van der Waals surface area contributed by atoms with Crippen molar-refractivity contribution in [2.75, 3.05) is 44.2 Å². The maximum atomic E-state index is 12.5. The third-order valence-corrected chi connectivity index (χ3v) is 5.32. The van der Waals surface area contributed by atoms with Crippen LogP contribution in [0.3, 0.4) is 0 Å². The van der Waals surface area contributed by atoms with Gasteiger partial charge >= 0.3 is 0 Å². The lowest BCUT2D eigenvalue weighted by atomic mass is 10.1. The number of carbonyl (C=O) groups excluding carboxylic acids is 2. The first-order valence-electron chi connectivity index (χ1n) is 10.2. The first-order valence-corrected chi connectivity index (χ1v) is 10.2. The predicted molar refractivity (Wildman–Crippen MR) is 114 cm³/mol. The van der Waals surface area contributed by atoms with Crippen molar-refractivity contribution >= 4 is 17.6 Å². The Morgan fingerprint density at radius 2 is 1.66 bits per heavy atom. The topological polar surface area (TPSA) is 69.6 Å². The van der Waals surface area contributed by atoms with Gasteiger partial charge in [0.2, 0.25) is 11.8 Å². The van der Waals surface area contributed by atoms with Gasteiger partial charge in [0.15, 0.2) is 5.82 Å². The van der Waals surface area contributed by atoms with Crippen LogP contribution in [-0.2, 0) is 9.59 Å². The van der Waals surface area contributed by atoms with Crippen LogP contribution in [0.2, 0.25) is 0 Å². The van der Waals surface area contributed by atoms with Crippen LogP contribution < -0.4 is 4.90 Å². The van der Waals surface area contributed by atoms with E-state index in [4.69, 9.17) is 0 Å². The van der Waals surface area contributed by atoms with Crippen molar-refractivity contribution in [3.8, 4) is 11.3 Å². The van der Waals surface area contributed by atoms with Crippen molar-refractivity contribution < 1.29 is 9.59 Å². The van der Waals surface area contributed by atoms with Gasteiger partial charge in [0.1, 0.15) is 0 Å². The Labute approximate surface area is 172 Å². The van der Waals surface area contributed by atoms with Crippen molar-refractivity contribution in [2.45, 2.75) is 27.2 Å². The maximum Gasteiger partial charge on any atom is 0.242 e. The molecule has 0 unspecified atom stereocenters. The van der Waals surface area contributed by atoms with Gasteiger partial charge in [-0.2, -0.15) is 0 Å². The summed E-state index contributed by atoms with van der Waals surface area (Å²) in [5, 5.41) is 8.76. The molecule has 0 spiro atoms. The quantitative estimate of drug-likeness (QED) is 0.751. The van der Waals surface area contributed by atoms with Crippen LogP contribution in [0.25, 0.3) is 11.3 Å². The van der Waals surface area contributed by atoms with Gasteiger partial charge in [-0.15, -0.1) is 10.2 Å². The largest absolute Gasteiger partial charge is 0.352 e. The summed E-state index contributed by atoms with van der Waals surface area (Å²) < 4.78 is 0. The van der Waals surface area contributed by atoms with Crippen LogP contribution in [0.1, 0.15) is 25.8 Å². The molecule has 154 valence electrons. The normalized spacial score (nSPS) is 14.0. The van der Waals surface area contributed by atoms with Gasteiger partial charge in [-0.05, 0) is 26.0 Å². The second kappa shape index (κ2) is 9.49. The Kier molecular flexibility index (Phi) is 6.80. The van der Waals surface area contributed by atoms with Crippen LogP contribution in [0, 0.1) is 6.92 Å². The second-order valence-corrected chi connectivity index (χ2v) is 7.27. The zero-order valence-corrected chi connectivity index (χ0v) is 17.5. The van der Waals surface area contributed by atoms with Crippen LogP contribution >= 0.6 is 0 Å². The summed E-state index contributed by atoms with van der Waals surface area (Å²) in [5.74, 6) is 0.849. The fourth-order valence-electron chi connectivity index (χ4n) is 3.42. The molecule has 0 aliphatic carbocycles. The Bertz CT molecular complexity index is 827. The number of anilines is 1. The SMILES string of the molecule is CCC(=O)N(CC)CC(=O)N1CCN(c2ccc(-c3ccc(C)cc3)nn2)CC1. The minimum absolute atomic E-state index is 0.00843. The third kappa shape index (κ3) is 5.10. The van der Waals surface area contributed by atoms with E-state index in [9.17, 15) is 9.59 Å². The molecular weight excluding hydrogens is 366 g/mol. The number of aryl methyl sites for hydroxylation is 1. The fraction of sp³-hybridized carbons (Fsp3) is 0.455. The number of likely N-dealkylation sites (N-methyl/N-ethyl adjacent to an activating group) is 1. The van der Waals surface area contributed by atoms with E-state index in [0.29, 0.717) is 39.1 Å². The standard InChI is InChI=1S/C22H29N5O2/c1-4-21(28)25(5-2)16-22(29)27-14-12-26(13-15-27)20-11-10-19(23-24-20)18-8-6-17(3)7-9-18/h6-11H,4-5,12-16H2,1-3H3. The van der Waals surface area contributed by atoms with E-state index in [1.54, 1.807) is 4.90 Å². The highest BCUT2D eigenvalue weighted by Crippen LogP contribution is 2.20. The summed E-state index contributed by atoms with van der Waals surface area (Å²) in [6.07, 6.45) is 0.423. The highest BCUT2D eigenvalue weighted by Gasteiger charge is 2.24. The molecule has 0 atom stereocenters. The van der Waals surface area contributed by atoms with E-state index in [1.807, 2.05) is 43.0 Å². The molecule has 1 fully saturated rings. The van der Waals surface area contributed by atoms with Crippen molar-refractivity contribution in [3.05, 3.63) is 42.0 Å². The van der Waals surface area contributed by atoms with Crippen LogP contribution in [0.4, 0.5) is 5.82 Å². The number of rotatable bonds is 6. The molecule has 2 heterocycles. The van der Waals surface area contributed by atoms with Crippen LogP contribution in [0.5, 0.6) is 0 Å². The molecule has 1 aromatic carbocycles. The molecule has 2 amide bonds. The Morgan fingerprint density at radius 1 is 0.966 bits per heavy atom. The molecule has 29 heavy (non-hydrogen) atoms. The molecule has 7 nitrogen and oxygen atoms in total. The summed E-state index contributed by atoms with van der Waals surface area (Å²) in [5.41, 5.74) is 3.11. The average Bonchev–Trinajstić information content (AvgIpc) is 2.77. The first-order chi connectivity index (χ1) is 14.0. The van der Waals surface area contributed by atoms with Crippen molar-refractivity contribution in [2.24, 2.45) is 0 Å². The van der Waals surface area contributed by atoms with Crippen molar-refractivity contribution in [1.29, 1.82) is 0 Å². The van der Waals surface area contributed by atoms with Gasteiger partial charge in [-0.1, -0.05) is 36.8 Å². The highest BCUT2D eigenvalue weighted by atomic mass is 16.2. The van der Waals surface area contributed by atoms with Gasteiger partial charge in [0, 0.05) is 44.7 Å². The molecule has 1 saturated heterocycles. The predicted octanol–water partition coefficient (Wildman–Crippen LogP) is 2.36. The van der Waals surface area contributed by atoms with Gasteiger partial charge in [-0.25, -0.2) is 0 Å². The van der Waals surface area contributed by atoms with Crippen LogP contribution in [-0.4, -0.2) is 71.1 Å². The molecule has 7 heteroatoms. The second-order valence-electron chi connectivity index (χ2n) is 7.27. The van der Waals surface area contributed by atoms with E-state index in [0.717, 1.165) is 17.1 Å². The highest BCUT2D eigenvalue weighted by molar-refractivity contribution is 5.84. The van der Waals surface area contributed by atoms with Crippen molar-refractivity contribution in [3.63, 3.8) is 0 Å². The van der Waals surface area contributed by atoms with Crippen LogP contribution in [0.15, 0.2) is 36.4 Å². The summed E-state index contributed by atoms with van der Waals surface area (Å²) in [7, 11) is 0. The third-order valence-electron chi connectivity index (χ3n) is 5.32. The number of amides is 2. The Hall–Kier alpha value is -2.96.